The first kappa shape index (κ1) is 48.4. The molecule has 0 aliphatic carbocycles. The molecule has 3 fully saturated rings. The number of esters is 2. The average Bonchev–Trinajstić information content (AvgIpc) is 3.22. The van der Waals surface area contributed by atoms with Gasteiger partial charge in [0.2, 0.25) is 0 Å². The normalized spacial score (nSPS) is 35.0. The largest absolute Gasteiger partial charge is 0.761 e. The van der Waals surface area contributed by atoms with Crippen molar-refractivity contribution in [3.05, 3.63) is 83.6 Å². The van der Waals surface area contributed by atoms with E-state index >= 15 is 0 Å². The number of aromatic nitrogens is 2. The van der Waals surface area contributed by atoms with Gasteiger partial charge in [-0.1, -0.05) is 51.6 Å². The van der Waals surface area contributed by atoms with Crippen LogP contribution in [0.25, 0.3) is 6.08 Å². The van der Waals surface area contributed by atoms with Crippen LogP contribution in [-0.4, -0.2) is 130 Å². The Hall–Kier alpha value is -4.62. The van der Waals surface area contributed by atoms with Crippen molar-refractivity contribution < 1.29 is 52.8 Å². The number of hydrogen-bond donors (Lipinski definition) is 2. The highest BCUT2D eigenvalue weighted by molar-refractivity contribution is 5.98. The lowest BCUT2D eigenvalue weighted by molar-refractivity contribution is -0.376. The van der Waals surface area contributed by atoms with E-state index in [0.29, 0.717) is 12.1 Å². The van der Waals surface area contributed by atoms with E-state index in [1.165, 1.54) is 13.1 Å². The van der Waals surface area contributed by atoms with Crippen LogP contribution < -0.4 is 5.32 Å². The second-order valence-corrected chi connectivity index (χ2v) is 17.3. The van der Waals surface area contributed by atoms with E-state index < -0.39 is 102 Å². The summed E-state index contributed by atoms with van der Waals surface area (Å²) in [5, 5.41) is 27.8. The second-order valence-electron chi connectivity index (χ2n) is 17.3. The zero-order valence-corrected chi connectivity index (χ0v) is 37.1. The first-order valence-corrected chi connectivity index (χ1v) is 21.2. The van der Waals surface area contributed by atoms with Crippen LogP contribution in [0.2, 0.25) is 0 Å². The number of nitrogens with one attached hydrogen (secondary N) is 1. The fourth-order valence-electron chi connectivity index (χ4n) is 8.88. The number of alkyl carbamates (subject to hydrolysis) is 1. The van der Waals surface area contributed by atoms with Crippen LogP contribution in [0.15, 0.2) is 67.2 Å². The first-order valence-electron chi connectivity index (χ1n) is 21.2. The van der Waals surface area contributed by atoms with Crippen LogP contribution in [0.1, 0.15) is 79.0 Å². The Morgan fingerprint density at radius 1 is 1.13 bits per heavy atom. The Morgan fingerprint density at radius 2 is 1.87 bits per heavy atom. The summed E-state index contributed by atoms with van der Waals surface area (Å²) in [5.74, 6) is -5.26. The van der Waals surface area contributed by atoms with Gasteiger partial charge in [-0.25, -0.2) is 4.79 Å². The Balaban J connectivity index is 1.62. The van der Waals surface area contributed by atoms with Crippen LogP contribution in [0.5, 0.6) is 0 Å². The third kappa shape index (κ3) is 11.1. The molecule has 2 aromatic heterocycles. The van der Waals surface area contributed by atoms with Gasteiger partial charge in [-0.15, -0.1) is 0 Å². The van der Waals surface area contributed by atoms with E-state index in [1.54, 1.807) is 83.4 Å². The van der Waals surface area contributed by atoms with E-state index in [-0.39, 0.29) is 36.6 Å². The molecule has 2 N–H and O–H groups in total. The van der Waals surface area contributed by atoms with Gasteiger partial charge in [0, 0.05) is 48.6 Å². The van der Waals surface area contributed by atoms with Crippen LogP contribution in [-0.2, 0) is 49.3 Å². The monoisotopic (exact) mass is 864 g/mol. The molecule has 0 saturated carbocycles. The second kappa shape index (κ2) is 20.7. The number of hydrogen-bond acceptors (Lipinski definition) is 16. The molecular weight excluding hydrogens is 803 g/mol. The summed E-state index contributed by atoms with van der Waals surface area (Å²) in [6.45, 7) is 15.6. The standard InChI is InChI=1S/C45H62N5O12/c1-11-34-45(8)39(50(56)62-45)28(4)36(52)26(2)24-44(7,61-43(55)48-21-15-17-31-16-14-19-46-25-31)40(60-42-37(53)33(49(9)10)22-27(3)57-42)29(5)38(30(6)41(54)58-34)59-35(51)23-32-18-12-13-20-47-32/h12-20,25-27,29-30,33-34,37-40,42,53H,4,11,21-24H2,1-3,5-10H3,(H,48,55)/q-1/b17-15+/t26-,27-,29+,30-,33+,34-,37-,38+,39-,40-,42+,44-,45-/m1/s1. The van der Waals surface area contributed by atoms with Crippen LogP contribution >= 0.6 is 0 Å². The number of carbonyl (C=O) groups is 4. The van der Waals surface area contributed by atoms with Crippen molar-refractivity contribution >= 4 is 29.9 Å². The van der Waals surface area contributed by atoms with Crippen molar-refractivity contribution in [2.24, 2.45) is 17.8 Å². The molecule has 5 rings (SSSR count). The summed E-state index contributed by atoms with van der Waals surface area (Å²) >= 11 is 0. The lowest BCUT2D eigenvalue weighted by Crippen LogP contribution is -2.71. The van der Waals surface area contributed by atoms with Gasteiger partial charge in [0.25, 0.3) is 0 Å². The number of aliphatic hydroxyl groups is 1. The van der Waals surface area contributed by atoms with E-state index in [1.807, 2.05) is 32.0 Å². The number of Topliss-reactive ketones (excluding diaryl/α,β-unsaturated/α-hetero) is 1. The third-order valence-electron chi connectivity index (χ3n) is 12.1. The van der Waals surface area contributed by atoms with Gasteiger partial charge in [0.05, 0.1) is 30.2 Å². The minimum Gasteiger partial charge on any atom is -0.761 e. The summed E-state index contributed by atoms with van der Waals surface area (Å²) in [4.78, 5) is 72.3. The predicted octanol–water partition coefficient (Wildman–Crippen LogP) is 4.57. The Bertz CT molecular complexity index is 1900. The number of likely N-dealkylation sites (N-methyl/N-ethyl adjacent to an activating group) is 1. The van der Waals surface area contributed by atoms with Crippen molar-refractivity contribution in [2.45, 2.75) is 134 Å². The van der Waals surface area contributed by atoms with Gasteiger partial charge in [-0.05, 0) is 84.8 Å². The third-order valence-corrected chi connectivity index (χ3v) is 12.1. The Labute approximate surface area is 363 Å². The SMILES string of the molecule is C=C1C(=O)[C@H](C)C[C@@](C)(OC(=O)NC/C=C/c2cccnc2)[C@H](O[C@@H]2O[C@H](C)C[C@H](N(C)C)[C@H]2O)[C@@H](C)[C@H](OC(=O)Cc2ccccn2)[C@@H](C)C(=O)O[C@H](CC)[C@@]2(C)ON([O-])[C@H]12. The van der Waals surface area contributed by atoms with Crippen molar-refractivity contribution in [3.63, 3.8) is 0 Å². The number of fused-ring (bicyclic) bond motifs is 1. The smallest absolute Gasteiger partial charge is 0.408 e. The quantitative estimate of drug-likeness (QED) is 0.180. The molecular formula is C45H62N5O12-. The molecule has 0 radical (unpaired) electrons. The molecule has 2 aromatic rings. The number of rotatable bonds is 11. The maximum Gasteiger partial charge on any atom is 0.408 e. The molecule has 0 unspecified atom stereocenters. The molecule has 1 amide bonds. The molecule has 0 bridgehead atoms. The molecule has 0 aromatic carbocycles. The van der Waals surface area contributed by atoms with Crippen molar-refractivity contribution in [3.8, 4) is 0 Å². The van der Waals surface area contributed by atoms with Crippen molar-refractivity contribution in [1.82, 2.24) is 25.4 Å². The summed E-state index contributed by atoms with van der Waals surface area (Å²) in [6, 6.07) is 7.08. The number of amides is 1. The number of hydroxylamine groups is 2. The predicted molar refractivity (Wildman–Crippen MR) is 226 cm³/mol. The highest BCUT2D eigenvalue weighted by Gasteiger charge is 2.58. The van der Waals surface area contributed by atoms with Gasteiger partial charge in [0.15, 0.2) is 12.1 Å². The highest BCUT2D eigenvalue weighted by atomic mass is 16.9. The molecule has 3 saturated heterocycles. The van der Waals surface area contributed by atoms with Gasteiger partial charge in [-0.3, -0.25) is 34.4 Å². The number of carbonyl (C=O) groups excluding carboxylic acids is 4. The summed E-state index contributed by atoms with van der Waals surface area (Å²) in [5.41, 5.74) is -2.14. The Kier molecular flexibility index (Phi) is 16.2. The van der Waals surface area contributed by atoms with Crippen molar-refractivity contribution in [1.29, 1.82) is 0 Å². The van der Waals surface area contributed by atoms with Gasteiger partial charge in [-0.2, -0.15) is 0 Å². The highest BCUT2D eigenvalue weighted by Crippen LogP contribution is 2.45. The molecule has 17 heteroatoms. The van der Waals surface area contributed by atoms with Gasteiger partial charge in [0.1, 0.15) is 35.6 Å². The van der Waals surface area contributed by atoms with E-state index in [9.17, 15) is 29.5 Å². The number of nitrogens with zero attached hydrogens (tertiary/aromatic N) is 4. The minimum absolute atomic E-state index is 0.0392. The van der Waals surface area contributed by atoms with E-state index in [0.717, 1.165) is 5.56 Å². The molecule has 13 atom stereocenters. The van der Waals surface area contributed by atoms with Gasteiger partial charge < -0.3 is 44.2 Å². The van der Waals surface area contributed by atoms with Crippen LogP contribution in [0.4, 0.5) is 4.79 Å². The average molecular weight is 865 g/mol. The molecule has 62 heavy (non-hydrogen) atoms. The lowest BCUT2D eigenvalue weighted by atomic mass is 9.74. The Morgan fingerprint density at radius 3 is 2.50 bits per heavy atom. The number of ether oxygens (including phenoxy) is 5. The van der Waals surface area contributed by atoms with E-state index in [2.05, 4.69) is 21.9 Å². The molecule has 5 heterocycles. The zero-order valence-electron chi connectivity index (χ0n) is 37.1. The first-order chi connectivity index (χ1) is 29.3. The van der Waals surface area contributed by atoms with Crippen LogP contribution in [0, 0.1) is 23.0 Å². The summed E-state index contributed by atoms with van der Waals surface area (Å²) in [7, 11) is 3.64. The fraction of sp³-hybridized carbons (Fsp3) is 0.600. The zero-order chi connectivity index (χ0) is 45.5. The summed E-state index contributed by atoms with van der Waals surface area (Å²) in [6.07, 6.45) is 1.01. The summed E-state index contributed by atoms with van der Waals surface area (Å²) < 4.78 is 31.7. The van der Waals surface area contributed by atoms with E-state index in [4.69, 9.17) is 28.5 Å². The number of ketones is 1. The number of pyridine rings is 2. The maximum absolute atomic E-state index is 14.4. The fourth-order valence-corrected chi connectivity index (χ4v) is 8.88. The number of aliphatic hydroxyl groups excluding tert-OH is 1. The molecule has 340 valence electrons. The lowest BCUT2D eigenvalue weighted by Gasteiger charge is -2.60. The molecule has 3 aliphatic heterocycles. The van der Waals surface area contributed by atoms with Crippen LogP contribution in [0.3, 0.4) is 0 Å². The molecule has 3 aliphatic rings. The minimum atomic E-state index is -1.80. The topological polar surface area (TPSA) is 211 Å². The number of cyclic esters (lactones) is 1. The molecule has 0 spiro atoms. The van der Waals surface area contributed by atoms with Crippen molar-refractivity contribution in [2.75, 3.05) is 20.6 Å². The molecule has 17 nitrogen and oxygen atoms in total. The maximum atomic E-state index is 14.4. The van der Waals surface area contributed by atoms with Gasteiger partial charge >= 0.3 is 18.0 Å².